The highest BCUT2D eigenvalue weighted by molar-refractivity contribution is 5.82. The molecule has 0 fully saturated rings. The van der Waals surface area contributed by atoms with Crippen LogP contribution >= 0.6 is 0 Å². The standard InChI is InChI=1S/C18H13N5O2/c19-10-13-6-8-15(9-7-13)16-11-20-23-17(21-16)22-18(24)25-12-14-4-2-1-3-5-14/h1-9,11H,12H2,(H,21,22,23,24). The molecule has 0 radical (unpaired) electrons. The summed E-state index contributed by atoms with van der Waals surface area (Å²) in [6, 6.07) is 18.2. The molecule has 122 valence electrons. The molecular weight excluding hydrogens is 318 g/mol. The van der Waals surface area contributed by atoms with Crippen molar-refractivity contribution in [3.05, 3.63) is 71.9 Å². The third kappa shape index (κ3) is 4.36. The maximum absolute atomic E-state index is 11.8. The number of carbonyl (C=O) groups excluding carboxylic acids is 1. The lowest BCUT2D eigenvalue weighted by molar-refractivity contribution is 0.155. The number of ether oxygens (including phenoxy) is 1. The Bertz CT molecular complexity index is 905. The second-order valence-corrected chi connectivity index (χ2v) is 5.04. The fourth-order valence-electron chi connectivity index (χ4n) is 2.06. The average molecular weight is 331 g/mol. The van der Waals surface area contributed by atoms with Gasteiger partial charge in [0.05, 0.1) is 23.5 Å². The van der Waals surface area contributed by atoms with Gasteiger partial charge in [0.25, 0.3) is 5.95 Å². The van der Waals surface area contributed by atoms with Crippen molar-refractivity contribution >= 4 is 12.0 Å². The predicted molar refractivity (Wildman–Crippen MR) is 90.2 cm³/mol. The third-order valence-electron chi connectivity index (χ3n) is 3.30. The summed E-state index contributed by atoms with van der Waals surface area (Å²) < 4.78 is 5.11. The molecule has 1 aromatic heterocycles. The van der Waals surface area contributed by atoms with E-state index in [0.717, 1.165) is 11.1 Å². The Morgan fingerprint density at radius 2 is 1.88 bits per heavy atom. The molecule has 0 unspecified atom stereocenters. The second kappa shape index (κ2) is 7.66. The van der Waals surface area contributed by atoms with E-state index >= 15 is 0 Å². The van der Waals surface area contributed by atoms with Gasteiger partial charge in [-0.05, 0) is 17.7 Å². The van der Waals surface area contributed by atoms with E-state index in [1.54, 1.807) is 24.3 Å². The quantitative estimate of drug-likeness (QED) is 0.788. The SMILES string of the molecule is N#Cc1ccc(-c2cnnc(NC(=O)OCc3ccccc3)n2)cc1. The van der Waals surface area contributed by atoms with Crippen molar-refractivity contribution in [2.45, 2.75) is 6.61 Å². The Balaban J connectivity index is 1.64. The zero-order valence-electron chi connectivity index (χ0n) is 13.1. The average Bonchev–Trinajstić information content (AvgIpc) is 2.67. The summed E-state index contributed by atoms with van der Waals surface area (Å²) in [6.45, 7) is 0.148. The van der Waals surface area contributed by atoms with Crippen LogP contribution in [0.4, 0.5) is 10.7 Å². The van der Waals surface area contributed by atoms with Crippen molar-refractivity contribution in [3.63, 3.8) is 0 Å². The van der Waals surface area contributed by atoms with Gasteiger partial charge in [0.2, 0.25) is 0 Å². The summed E-state index contributed by atoms with van der Waals surface area (Å²) in [5.74, 6) is 0.0416. The first-order valence-electron chi connectivity index (χ1n) is 7.42. The van der Waals surface area contributed by atoms with Crippen molar-refractivity contribution in [1.82, 2.24) is 15.2 Å². The Hall–Kier alpha value is -3.79. The Kier molecular flexibility index (Phi) is 4.93. The minimum absolute atomic E-state index is 0.0416. The van der Waals surface area contributed by atoms with Crippen molar-refractivity contribution in [1.29, 1.82) is 5.26 Å². The van der Waals surface area contributed by atoms with Crippen LogP contribution in [0, 0.1) is 11.3 Å². The van der Waals surface area contributed by atoms with E-state index in [4.69, 9.17) is 10.00 Å². The number of aromatic nitrogens is 3. The Labute approximate surface area is 143 Å². The fourth-order valence-corrected chi connectivity index (χ4v) is 2.06. The summed E-state index contributed by atoms with van der Waals surface area (Å²) in [5.41, 5.74) is 2.71. The number of anilines is 1. The largest absolute Gasteiger partial charge is 0.444 e. The lowest BCUT2D eigenvalue weighted by atomic mass is 10.1. The van der Waals surface area contributed by atoms with Gasteiger partial charge in [0, 0.05) is 5.56 Å². The minimum Gasteiger partial charge on any atom is -0.444 e. The molecule has 0 spiro atoms. The lowest BCUT2D eigenvalue weighted by Gasteiger charge is -2.06. The highest BCUT2D eigenvalue weighted by Gasteiger charge is 2.08. The highest BCUT2D eigenvalue weighted by Crippen LogP contribution is 2.17. The molecule has 0 atom stereocenters. The topological polar surface area (TPSA) is 101 Å². The summed E-state index contributed by atoms with van der Waals surface area (Å²) in [5, 5.41) is 18.9. The van der Waals surface area contributed by atoms with E-state index in [2.05, 4.69) is 20.5 Å². The van der Waals surface area contributed by atoms with Gasteiger partial charge in [-0.1, -0.05) is 42.5 Å². The lowest BCUT2D eigenvalue weighted by Crippen LogP contribution is -2.16. The van der Waals surface area contributed by atoms with Crippen molar-refractivity contribution in [2.24, 2.45) is 0 Å². The summed E-state index contributed by atoms with van der Waals surface area (Å²) in [7, 11) is 0. The van der Waals surface area contributed by atoms with Crippen LogP contribution < -0.4 is 5.32 Å². The summed E-state index contributed by atoms with van der Waals surface area (Å²) in [4.78, 5) is 16.1. The monoisotopic (exact) mass is 331 g/mol. The number of hydrogen-bond acceptors (Lipinski definition) is 6. The van der Waals surface area contributed by atoms with Gasteiger partial charge in [-0.25, -0.2) is 9.78 Å². The number of nitrogens with zero attached hydrogens (tertiary/aromatic N) is 4. The molecule has 7 heteroatoms. The summed E-state index contributed by atoms with van der Waals surface area (Å²) in [6.07, 6.45) is 0.810. The Morgan fingerprint density at radius 1 is 1.12 bits per heavy atom. The van der Waals surface area contributed by atoms with Gasteiger partial charge < -0.3 is 4.74 Å². The van der Waals surface area contributed by atoms with Crippen LogP contribution in [0.15, 0.2) is 60.8 Å². The van der Waals surface area contributed by atoms with Gasteiger partial charge >= 0.3 is 6.09 Å². The maximum Gasteiger partial charge on any atom is 0.414 e. The molecular formula is C18H13N5O2. The van der Waals surface area contributed by atoms with Crippen LogP contribution in [-0.2, 0) is 11.3 Å². The zero-order chi connectivity index (χ0) is 17.5. The molecule has 0 aliphatic rings. The molecule has 25 heavy (non-hydrogen) atoms. The number of benzene rings is 2. The molecule has 3 rings (SSSR count). The van der Waals surface area contributed by atoms with Crippen LogP contribution in [0.25, 0.3) is 11.3 Å². The first-order chi connectivity index (χ1) is 12.2. The maximum atomic E-state index is 11.8. The molecule has 0 saturated heterocycles. The minimum atomic E-state index is -0.664. The van der Waals surface area contributed by atoms with E-state index in [0.29, 0.717) is 11.3 Å². The number of nitrogens with one attached hydrogen (secondary N) is 1. The predicted octanol–water partition coefficient (Wildman–Crippen LogP) is 3.16. The fraction of sp³-hybridized carbons (Fsp3) is 0.0556. The number of rotatable bonds is 4. The Morgan fingerprint density at radius 3 is 2.60 bits per heavy atom. The molecule has 1 N–H and O–H groups in total. The van der Waals surface area contributed by atoms with Gasteiger partial charge in [-0.15, -0.1) is 5.10 Å². The molecule has 7 nitrogen and oxygen atoms in total. The van der Waals surface area contributed by atoms with E-state index in [-0.39, 0.29) is 12.6 Å². The van der Waals surface area contributed by atoms with E-state index in [9.17, 15) is 4.79 Å². The molecule has 0 saturated carbocycles. The van der Waals surface area contributed by atoms with Crippen LogP contribution in [0.3, 0.4) is 0 Å². The van der Waals surface area contributed by atoms with E-state index < -0.39 is 6.09 Å². The van der Waals surface area contributed by atoms with Crippen LogP contribution in [0.2, 0.25) is 0 Å². The molecule has 1 amide bonds. The van der Waals surface area contributed by atoms with Gasteiger partial charge in [-0.3, -0.25) is 5.32 Å². The number of amides is 1. The molecule has 0 aliphatic heterocycles. The number of hydrogen-bond donors (Lipinski definition) is 1. The molecule has 0 bridgehead atoms. The van der Waals surface area contributed by atoms with Crippen LogP contribution in [0.1, 0.15) is 11.1 Å². The van der Waals surface area contributed by atoms with E-state index in [1.807, 2.05) is 36.4 Å². The molecule has 1 heterocycles. The van der Waals surface area contributed by atoms with Gasteiger partial charge in [-0.2, -0.15) is 10.4 Å². The highest BCUT2D eigenvalue weighted by atomic mass is 16.5. The second-order valence-electron chi connectivity index (χ2n) is 5.04. The number of carbonyl (C=O) groups is 1. The molecule has 2 aromatic carbocycles. The first kappa shape index (κ1) is 16.1. The van der Waals surface area contributed by atoms with Crippen molar-refractivity contribution in [3.8, 4) is 17.3 Å². The van der Waals surface area contributed by atoms with Gasteiger partial charge in [0.15, 0.2) is 0 Å². The molecule has 3 aromatic rings. The van der Waals surface area contributed by atoms with Crippen molar-refractivity contribution < 1.29 is 9.53 Å². The zero-order valence-corrected chi connectivity index (χ0v) is 13.1. The van der Waals surface area contributed by atoms with Crippen LogP contribution in [-0.4, -0.2) is 21.3 Å². The van der Waals surface area contributed by atoms with Crippen LogP contribution in [0.5, 0.6) is 0 Å². The smallest absolute Gasteiger partial charge is 0.414 e. The van der Waals surface area contributed by atoms with Gasteiger partial charge in [0.1, 0.15) is 6.61 Å². The normalized spacial score (nSPS) is 9.88. The molecule has 0 aliphatic carbocycles. The first-order valence-corrected chi connectivity index (χ1v) is 7.42. The number of nitriles is 1. The summed E-state index contributed by atoms with van der Waals surface area (Å²) >= 11 is 0. The van der Waals surface area contributed by atoms with Crippen molar-refractivity contribution in [2.75, 3.05) is 5.32 Å². The van der Waals surface area contributed by atoms with E-state index in [1.165, 1.54) is 6.20 Å². The third-order valence-corrected chi connectivity index (χ3v) is 3.30.